The largest absolute Gasteiger partial charge is 1.00 e. The molecule has 4 aromatic rings. The molecule has 53 heavy (non-hydrogen) atoms. The van der Waals surface area contributed by atoms with Crippen molar-refractivity contribution in [2.24, 2.45) is 10.2 Å². The molecule has 19 nitrogen and oxygen atoms in total. The molecule has 0 aliphatic carbocycles. The van der Waals surface area contributed by atoms with Gasteiger partial charge in [0.1, 0.15) is 10.6 Å². The van der Waals surface area contributed by atoms with Crippen molar-refractivity contribution in [2.75, 3.05) is 35.4 Å². The van der Waals surface area contributed by atoms with Gasteiger partial charge in [-0.1, -0.05) is 29.6 Å². The van der Waals surface area contributed by atoms with Gasteiger partial charge in [0.15, 0.2) is 10.3 Å². The fraction of sp³-hybridized carbons (Fsp3) is 0.269. The zero-order valence-corrected chi connectivity index (χ0v) is 36.8. The summed E-state index contributed by atoms with van der Waals surface area (Å²) < 4.78 is 137. The Morgan fingerprint density at radius 2 is 1.26 bits per heavy atom. The number of fused-ring (bicyclic) bond motifs is 1. The maximum absolute atomic E-state index is 12.0. The van der Waals surface area contributed by atoms with E-state index in [1.54, 1.807) is 6.07 Å². The number of methoxy groups -OCH3 is 1. The second-order valence-corrected chi connectivity index (χ2v) is 18.1. The van der Waals surface area contributed by atoms with Crippen LogP contribution < -0.4 is 69.2 Å². The number of hydrogen-bond acceptors (Lipinski definition) is 19. The molecule has 276 valence electrons. The zero-order valence-electron chi connectivity index (χ0n) is 27.9. The summed E-state index contributed by atoms with van der Waals surface area (Å²) in [6.07, 6.45) is 0.0724. The first-order chi connectivity index (χ1) is 23.7. The number of nitrogens with zero attached hydrogens (tertiary/aromatic N) is 5. The van der Waals surface area contributed by atoms with Crippen molar-refractivity contribution in [3.63, 3.8) is 0 Å². The molecule has 1 aromatic heterocycles. The summed E-state index contributed by atoms with van der Waals surface area (Å²) in [6.45, 7) is 0. The van der Waals surface area contributed by atoms with Gasteiger partial charge < -0.3 is 19.2 Å². The third kappa shape index (κ3) is 15.5. The normalized spacial score (nSPS) is 12.3. The van der Waals surface area contributed by atoms with E-state index in [0.29, 0.717) is 11.8 Å². The molecule has 0 amide bonds. The van der Waals surface area contributed by atoms with Crippen LogP contribution in [0.4, 0.5) is 23.0 Å². The van der Waals surface area contributed by atoms with E-state index in [-0.39, 0.29) is 128 Å². The fourth-order valence-corrected chi connectivity index (χ4v) is 8.43. The maximum atomic E-state index is 12.0. The van der Waals surface area contributed by atoms with E-state index in [0.717, 1.165) is 29.6 Å². The van der Waals surface area contributed by atoms with E-state index >= 15 is 0 Å². The summed E-state index contributed by atoms with van der Waals surface area (Å²) in [5, 5.41) is 11.5. The average Bonchev–Trinajstić information content (AvgIpc) is 3.02. The minimum Gasteiger partial charge on any atom is -0.748 e. The van der Waals surface area contributed by atoms with Crippen LogP contribution in [-0.2, 0) is 40.5 Å². The molecular weight excluding hydrogens is 843 g/mol. The van der Waals surface area contributed by atoms with E-state index in [2.05, 4.69) is 30.5 Å². The molecule has 3 N–H and O–H groups in total. The van der Waals surface area contributed by atoms with Gasteiger partial charge in [0.05, 0.1) is 49.3 Å². The number of nitrogens with one attached hydrogen (secondary N) is 1. The van der Waals surface area contributed by atoms with Crippen LogP contribution in [-0.4, -0.2) is 97.0 Å². The van der Waals surface area contributed by atoms with Gasteiger partial charge in [-0.05, 0) is 54.6 Å². The molecule has 0 aliphatic rings. The minimum absolute atomic E-state index is 0. The van der Waals surface area contributed by atoms with Crippen molar-refractivity contribution in [1.29, 1.82) is 0 Å². The summed E-state index contributed by atoms with van der Waals surface area (Å²) in [6, 6.07) is 10.2. The zero-order chi connectivity index (χ0) is 37.6. The molecule has 0 bridgehead atoms. The predicted octanol–water partition coefficient (Wildman–Crippen LogP) is -2.25. The molecular formula is C26H26N6Na2O13S6. The number of ether oxygens (including phenoxy) is 1. The van der Waals surface area contributed by atoms with Gasteiger partial charge in [-0.15, -0.1) is 0 Å². The first kappa shape index (κ1) is 47.6. The average molecular weight is 869 g/mol. The second-order valence-electron chi connectivity index (χ2n) is 10.1. The smallest absolute Gasteiger partial charge is 0.748 e. The summed E-state index contributed by atoms with van der Waals surface area (Å²) >= 11 is 2.11. The van der Waals surface area contributed by atoms with Crippen LogP contribution in [0.3, 0.4) is 0 Å². The van der Waals surface area contributed by atoms with Crippen molar-refractivity contribution in [1.82, 2.24) is 15.0 Å². The van der Waals surface area contributed by atoms with E-state index in [4.69, 9.17) is 4.74 Å². The van der Waals surface area contributed by atoms with Gasteiger partial charge in [0, 0.05) is 34.5 Å². The predicted molar refractivity (Wildman–Crippen MR) is 184 cm³/mol. The second kappa shape index (κ2) is 20.1. The van der Waals surface area contributed by atoms with Gasteiger partial charge in [-0.3, -0.25) is 9.11 Å². The number of rotatable bonds is 17. The van der Waals surface area contributed by atoms with Crippen LogP contribution in [0.5, 0.6) is 5.75 Å². The van der Waals surface area contributed by atoms with Crippen molar-refractivity contribution >= 4 is 97.8 Å². The van der Waals surface area contributed by atoms with Gasteiger partial charge in [0.25, 0.3) is 20.2 Å². The van der Waals surface area contributed by atoms with Crippen molar-refractivity contribution in [3.8, 4) is 5.75 Å². The van der Waals surface area contributed by atoms with Crippen LogP contribution in [0.2, 0.25) is 0 Å². The van der Waals surface area contributed by atoms with E-state index < -0.39 is 61.8 Å². The number of anilines is 2. The molecule has 3 aromatic carbocycles. The molecule has 0 saturated carbocycles. The monoisotopic (exact) mass is 868 g/mol. The molecule has 0 fully saturated rings. The molecule has 0 atom stereocenters. The summed E-state index contributed by atoms with van der Waals surface area (Å²) in [5.41, 5.74) is 0.732. The molecule has 0 aliphatic heterocycles. The number of benzene rings is 3. The van der Waals surface area contributed by atoms with Crippen LogP contribution in [0.15, 0.2) is 78.9 Å². The van der Waals surface area contributed by atoms with Gasteiger partial charge in [-0.25, -0.2) is 16.8 Å². The first-order valence-electron chi connectivity index (χ1n) is 14.0. The van der Waals surface area contributed by atoms with Crippen LogP contribution in [0.1, 0.15) is 12.8 Å². The summed E-state index contributed by atoms with van der Waals surface area (Å²) in [5.74, 6) is -0.516. The third-order valence-electron chi connectivity index (χ3n) is 6.30. The summed E-state index contributed by atoms with van der Waals surface area (Å²) in [7, 11) is -17.2. The van der Waals surface area contributed by atoms with Gasteiger partial charge in [0.2, 0.25) is 5.95 Å². The van der Waals surface area contributed by atoms with Crippen LogP contribution in [0, 0.1) is 0 Å². The molecule has 4 rings (SSSR count). The Morgan fingerprint density at radius 1 is 0.736 bits per heavy atom. The van der Waals surface area contributed by atoms with Gasteiger partial charge in [-0.2, -0.15) is 42.0 Å². The number of aromatic nitrogens is 3. The maximum Gasteiger partial charge on any atom is 1.00 e. The Bertz CT molecular complexity index is 2370. The Morgan fingerprint density at radius 3 is 1.75 bits per heavy atom. The Balaban J connectivity index is 0.00000486. The van der Waals surface area contributed by atoms with Crippen LogP contribution in [0.25, 0.3) is 10.8 Å². The molecule has 0 unspecified atom stereocenters. The molecule has 0 spiro atoms. The Hall–Kier alpha value is -1.53. The van der Waals surface area contributed by atoms with Crippen LogP contribution >= 0.6 is 23.5 Å². The molecule has 0 saturated heterocycles. The number of thioether (sulfide) groups is 2. The first-order valence-corrected chi connectivity index (χ1v) is 22.0. The number of azo groups is 1. The van der Waals surface area contributed by atoms with Gasteiger partial charge >= 0.3 is 59.1 Å². The third-order valence-corrected chi connectivity index (χ3v) is 11.5. The minimum atomic E-state index is -4.92. The Labute approximate surface area is 357 Å². The SMILES string of the molecule is COc1cc(N=Nc2ccc3cc(S(=O)(=O)O)cc(S(=O)(=O)O)c3c2)ccc1Nc1nc(SCCCS(=O)(=O)[O-])nc(SCCCS(=O)(=O)[O-])n1.[Na+].[Na+]. The molecule has 1 heterocycles. The quantitative estimate of drug-likeness (QED) is 0.0332. The topological polar surface area (TPSA) is 308 Å². The van der Waals surface area contributed by atoms with Crippen molar-refractivity contribution in [2.45, 2.75) is 32.9 Å². The van der Waals surface area contributed by atoms with E-state index in [9.17, 15) is 51.9 Å². The van der Waals surface area contributed by atoms with E-state index in [1.807, 2.05) is 0 Å². The van der Waals surface area contributed by atoms with E-state index in [1.165, 1.54) is 37.4 Å². The number of hydrogen-bond donors (Lipinski definition) is 3. The fourth-order valence-electron chi connectivity index (χ4n) is 4.11. The van der Waals surface area contributed by atoms with Crippen molar-refractivity contribution in [3.05, 3.63) is 48.5 Å². The standard InChI is InChI=1S/C26H28N6O13S6.2Na/c1-45-22-14-18(32-31-17-5-4-16-12-19(50(39,40)41)15-23(20(16)13-17)51(42,43)44)6-7-21(22)27-24-28-25(46-8-2-10-48(33,34)35)30-26(29-24)47-9-3-11-49(36,37)38;;/h4-7,12-15H,2-3,8-11H2,1H3,(H,33,34,35)(H,36,37,38)(H,39,40,41)(H,42,43,44)(H,27,28,29,30);;/q;2*+1/p-2. The molecule has 27 heteroatoms. The summed E-state index contributed by atoms with van der Waals surface area (Å²) in [4.78, 5) is 11.4. The molecule has 0 radical (unpaired) electrons. The Kier molecular flexibility index (Phi) is 18.0. The van der Waals surface area contributed by atoms with Crippen molar-refractivity contribution < 1.29 is 116 Å².